The van der Waals surface area contributed by atoms with Gasteiger partial charge in [-0.05, 0) is 59.2 Å². The maximum atomic E-state index is 5.24. The van der Waals surface area contributed by atoms with Crippen LogP contribution in [0.4, 0.5) is 5.69 Å². The zero-order valence-electron chi connectivity index (χ0n) is 17.9. The van der Waals surface area contributed by atoms with Crippen LogP contribution in [0.2, 0.25) is 0 Å². The summed E-state index contributed by atoms with van der Waals surface area (Å²) in [4.78, 5) is 9.14. The molecule has 0 radical (unpaired) electrons. The van der Waals surface area contributed by atoms with Gasteiger partial charge in [0.25, 0.3) is 0 Å². The Bertz CT molecular complexity index is 951. The second-order valence-corrected chi connectivity index (χ2v) is 7.68. The van der Waals surface area contributed by atoms with Crippen molar-refractivity contribution in [3.63, 3.8) is 0 Å². The number of hydrogen-bond acceptors (Lipinski definition) is 7. The van der Waals surface area contributed by atoms with Gasteiger partial charge in [0, 0.05) is 51.4 Å². The third kappa shape index (κ3) is 4.20. The van der Waals surface area contributed by atoms with Crippen LogP contribution in [-0.2, 0) is 11.3 Å². The lowest BCUT2D eigenvalue weighted by atomic mass is 10.0. The predicted molar refractivity (Wildman–Crippen MR) is 115 cm³/mol. The average molecular weight is 408 g/mol. The zero-order chi connectivity index (χ0) is 20.9. The van der Waals surface area contributed by atoms with Gasteiger partial charge in [-0.3, -0.25) is 9.88 Å². The molecule has 0 N–H and O–H groups in total. The number of rotatable bonds is 7. The fraction of sp³-hybridized carbons (Fsp3) is 0.455. The van der Waals surface area contributed by atoms with Crippen molar-refractivity contribution in [2.24, 2.45) is 0 Å². The number of anilines is 1. The predicted octanol–water partition coefficient (Wildman–Crippen LogP) is 2.24. The molecule has 0 bridgehead atoms. The highest BCUT2D eigenvalue weighted by Gasteiger charge is 2.31. The molecule has 158 valence electrons. The third-order valence-corrected chi connectivity index (χ3v) is 5.93. The van der Waals surface area contributed by atoms with Crippen molar-refractivity contribution in [2.45, 2.75) is 26.4 Å². The van der Waals surface area contributed by atoms with E-state index in [2.05, 4.69) is 74.5 Å². The van der Waals surface area contributed by atoms with E-state index in [-0.39, 0.29) is 6.04 Å². The molecule has 0 aliphatic carbocycles. The second-order valence-electron chi connectivity index (χ2n) is 7.68. The number of piperazine rings is 1. The van der Waals surface area contributed by atoms with Crippen molar-refractivity contribution in [1.82, 2.24) is 30.1 Å². The van der Waals surface area contributed by atoms with Crippen molar-refractivity contribution in [3.05, 3.63) is 65.2 Å². The molecule has 8 heteroatoms. The first-order valence-corrected chi connectivity index (χ1v) is 10.4. The van der Waals surface area contributed by atoms with Gasteiger partial charge in [-0.25, -0.2) is 4.68 Å². The van der Waals surface area contributed by atoms with Gasteiger partial charge in [-0.15, -0.1) is 5.10 Å². The standard InChI is InChI=1S/C22H29N7O/c1-17-5-4-6-20(18(17)2)27-11-13-28(14-12-27)21(19-7-9-23-10-8-19)22-24-25-26-29(22)15-16-30-3/h4-10,21H,11-16H2,1-3H3. The van der Waals surface area contributed by atoms with Crippen molar-refractivity contribution in [1.29, 1.82) is 0 Å². The number of methoxy groups -OCH3 is 1. The number of tetrazole rings is 1. The minimum Gasteiger partial charge on any atom is -0.383 e. The molecule has 1 aliphatic heterocycles. The molecule has 0 amide bonds. The molecule has 1 atom stereocenters. The van der Waals surface area contributed by atoms with Crippen LogP contribution in [0.5, 0.6) is 0 Å². The van der Waals surface area contributed by atoms with Crippen LogP contribution in [0, 0.1) is 13.8 Å². The van der Waals surface area contributed by atoms with Crippen LogP contribution < -0.4 is 4.90 Å². The lowest BCUT2D eigenvalue weighted by Crippen LogP contribution is -2.48. The minimum atomic E-state index is -0.0133. The molecule has 8 nitrogen and oxygen atoms in total. The summed E-state index contributed by atoms with van der Waals surface area (Å²) in [5, 5.41) is 12.6. The third-order valence-electron chi connectivity index (χ3n) is 5.93. The van der Waals surface area contributed by atoms with Crippen molar-refractivity contribution in [2.75, 3.05) is 44.8 Å². The maximum absolute atomic E-state index is 5.24. The van der Waals surface area contributed by atoms with E-state index >= 15 is 0 Å². The topological polar surface area (TPSA) is 72.2 Å². The highest BCUT2D eigenvalue weighted by molar-refractivity contribution is 5.56. The average Bonchev–Trinajstić information content (AvgIpc) is 3.24. The SMILES string of the molecule is COCCn1nnnc1C(c1ccncc1)N1CCN(c2cccc(C)c2C)CC1. The summed E-state index contributed by atoms with van der Waals surface area (Å²) in [6.07, 6.45) is 3.66. The molecule has 1 aliphatic rings. The molecular weight excluding hydrogens is 378 g/mol. The maximum Gasteiger partial charge on any atom is 0.173 e. The van der Waals surface area contributed by atoms with Crippen LogP contribution >= 0.6 is 0 Å². The number of benzene rings is 1. The largest absolute Gasteiger partial charge is 0.383 e. The van der Waals surface area contributed by atoms with Crippen LogP contribution in [0.15, 0.2) is 42.7 Å². The zero-order valence-corrected chi connectivity index (χ0v) is 17.9. The fourth-order valence-corrected chi connectivity index (χ4v) is 4.11. The Labute approximate surface area is 177 Å². The molecular formula is C22H29N7O. The Kier molecular flexibility index (Phi) is 6.35. The van der Waals surface area contributed by atoms with E-state index in [1.54, 1.807) is 7.11 Å². The molecule has 30 heavy (non-hydrogen) atoms. The highest BCUT2D eigenvalue weighted by atomic mass is 16.5. The Morgan fingerprint density at radius 2 is 1.80 bits per heavy atom. The van der Waals surface area contributed by atoms with Gasteiger partial charge in [0.05, 0.1) is 19.2 Å². The summed E-state index contributed by atoms with van der Waals surface area (Å²) >= 11 is 0. The molecule has 2 aromatic heterocycles. The summed E-state index contributed by atoms with van der Waals surface area (Å²) in [6, 6.07) is 10.6. The van der Waals surface area contributed by atoms with Crippen LogP contribution in [0.3, 0.4) is 0 Å². The lowest BCUT2D eigenvalue weighted by Gasteiger charge is -2.40. The van der Waals surface area contributed by atoms with Crippen LogP contribution in [0.25, 0.3) is 0 Å². The summed E-state index contributed by atoms with van der Waals surface area (Å²) in [5.74, 6) is 0.846. The van der Waals surface area contributed by atoms with Gasteiger partial charge in [-0.2, -0.15) is 0 Å². The quantitative estimate of drug-likeness (QED) is 0.595. The van der Waals surface area contributed by atoms with E-state index in [0.717, 1.165) is 37.6 Å². The first-order chi connectivity index (χ1) is 14.7. The smallest absolute Gasteiger partial charge is 0.173 e. The van der Waals surface area contributed by atoms with Gasteiger partial charge in [0.15, 0.2) is 5.82 Å². The highest BCUT2D eigenvalue weighted by Crippen LogP contribution is 2.30. The Morgan fingerprint density at radius 3 is 2.53 bits per heavy atom. The molecule has 1 aromatic carbocycles. The molecule has 0 spiro atoms. The number of aryl methyl sites for hydroxylation is 1. The number of aromatic nitrogens is 5. The lowest BCUT2D eigenvalue weighted by molar-refractivity contribution is 0.171. The van der Waals surface area contributed by atoms with E-state index in [4.69, 9.17) is 4.74 Å². The fourth-order valence-electron chi connectivity index (χ4n) is 4.11. The number of hydrogen-bond donors (Lipinski definition) is 0. The van der Waals surface area contributed by atoms with Gasteiger partial charge in [-0.1, -0.05) is 12.1 Å². The van der Waals surface area contributed by atoms with Gasteiger partial charge >= 0.3 is 0 Å². The normalized spacial score (nSPS) is 16.0. The van der Waals surface area contributed by atoms with Gasteiger partial charge in [0.2, 0.25) is 0 Å². The Hall–Kier alpha value is -2.84. The number of pyridine rings is 1. The Balaban J connectivity index is 1.57. The molecule has 1 saturated heterocycles. The molecule has 1 fully saturated rings. The first-order valence-electron chi connectivity index (χ1n) is 10.4. The first kappa shape index (κ1) is 20.4. The number of ether oxygens (including phenoxy) is 1. The summed E-state index contributed by atoms with van der Waals surface area (Å²) in [7, 11) is 1.69. The summed E-state index contributed by atoms with van der Waals surface area (Å²) < 4.78 is 7.09. The van der Waals surface area contributed by atoms with E-state index in [9.17, 15) is 0 Å². The number of nitrogens with zero attached hydrogens (tertiary/aromatic N) is 7. The molecule has 0 saturated carbocycles. The van der Waals surface area contributed by atoms with Gasteiger partial charge < -0.3 is 9.64 Å². The second kappa shape index (κ2) is 9.32. The van der Waals surface area contributed by atoms with Crippen molar-refractivity contribution >= 4 is 5.69 Å². The van der Waals surface area contributed by atoms with E-state index in [1.807, 2.05) is 17.1 Å². The van der Waals surface area contributed by atoms with Crippen LogP contribution in [-0.4, -0.2) is 70.0 Å². The monoisotopic (exact) mass is 407 g/mol. The Morgan fingerprint density at radius 1 is 1.03 bits per heavy atom. The van der Waals surface area contributed by atoms with Crippen molar-refractivity contribution < 1.29 is 4.74 Å². The van der Waals surface area contributed by atoms with E-state index in [0.29, 0.717) is 13.2 Å². The molecule has 3 heterocycles. The van der Waals surface area contributed by atoms with Crippen molar-refractivity contribution in [3.8, 4) is 0 Å². The van der Waals surface area contributed by atoms with Gasteiger partial charge in [0.1, 0.15) is 0 Å². The summed E-state index contributed by atoms with van der Waals surface area (Å²) in [6.45, 7) is 9.37. The molecule has 3 aromatic rings. The minimum absolute atomic E-state index is 0.0133. The molecule has 1 unspecified atom stereocenters. The van der Waals surface area contributed by atoms with E-state index < -0.39 is 0 Å². The molecule has 4 rings (SSSR count). The van der Waals surface area contributed by atoms with E-state index in [1.165, 1.54) is 16.8 Å². The summed E-state index contributed by atoms with van der Waals surface area (Å²) in [5.41, 5.74) is 5.18. The van der Waals surface area contributed by atoms with Crippen LogP contribution in [0.1, 0.15) is 28.6 Å².